The second-order valence-electron chi connectivity index (χ2n) is 7.37. The summed E-state index contributed by atoms with van der Waals surface area (Å²) in [6, 6.07) is 3.71. The van der Waals surface area contributed by atoms with Crippen molar-refractivity contribution in [2.75, 3.05) is 27.2 Å². The third-order valence-electron chi connectivity index (χ3n) is 5.46. The molecule has 1 aromatic rings. The molecular formula is C19H24N2O3S. The fourth-order valence-corrected chi connectivity index (χ4v) is 5.02. The molecule has 0 aromatic carbocycles. The quantitative estimate of drug-likeness (QED) is 0.828. The van der Waals surface area contributed by atoms with E-state index >= 15 is 0 Å². The van der Waals surface area contributed by atoms with Gasteiger partial charge < -0.3 is 14.5 Å². The molecule has 0 spiro atoms. The number of nitrogens with zero attached hydrogens (tertiary/aromatic N) is 2. The summed E-state index contributed by atoms with van der Waals surface area (Å²) in [6.07, 6.45) is 3.79. The Morgan fingerprint density at radius 1 is 1.28 bits per heavy atom. The summed E-state index contributed by atoms with van der Waals surface area (Å²) < 4.78 is 6.12. The topological polar surface area (TPSA) is 49.9 Å². The Balaban J connectivity index is 1.72. The Kier molecular flexibility index (Phi) is 4.41. The highest BCUT2D eigenvalue weighted by Gasteiger charge is 2.51. The maximum Gasteiger partial charge on any atom is 0.290 e. The van der Waals surface area contributed by atoms with Gasteiger partial charge >= 0.3 is 0 Å². The van der Waals surface area contributed by atoms with Crippen molar-refractivity contribution in [2.45, 2.75) is 37.8 Å². The average Bonchev–Trinajstić information content (AvgIpc) is 3.21. The standard InChI is InChI=1S/C19H24N2O3S/c1-20(2)9-10-21-16(14-8-5-11-25-14)15-17(22)12-6-3-4-7-13(12)24-18(15)19(21)23/h5,8,11-13,16H,3-4,6-7,9-10H2,1-2H3. The SMILES string of the molecule is CN(C)CCN1C(=O)C2=C(C(=O)C3CCCCC3O2)C1c1cccs1. The normalized spacial score (nSPS) is 29.1. The first kappa shape index (κ1) is 16.8. The molecule has 0 radical (unpaired) electrons. The number of ether oxygens (including phenoxy) is 1. The Morgan fingerprint density at radius 2 is 2.08 bits per heavy atom. The Morgan fingerprint density at radius 3 is 2.80 bits per heavy atom. The van der Waals surface area contributed by atoms with Crippen LogP contribution in [-0.4, -0.2) is 54.8 Å². The molecule has 3 atom stereocenters. The number of rotatable bonds is 4. The van der Waals surface area contributed by atoms with Gasteiger partial charge in [0.05, 0.1) is 17.5 Å². The lowest BCUT2D eigenvalue weighted by Crippen LogP contribution is -2.39. The van der Waals surface area contributed by atoms with Crippen LogP contribution in [0.2, 0.25) is 0 Å². The van der Waals surface area contributed by atoms with Crippen molar-refractivity contribution < 1.29 is 14.3 Å². The first-order chi connectivity index (χ1) is 12.1. The van der Waals surface area contributed by atoms with Gasteiger partial charge in [-0.15, -0.1) is 11.3 Å². The number of amides is 1. The molecule has 3 unspecified atom stereocenters. The van der Waals surface area contributed by atoms with Crippen molar-refractivity contribution >= 4 is 23.0 Å². The first-order valence-corrected chi connectivity index (χ1v) is 9.90. The molecule has 1 aromatic heterocycles. The number of carbonyl (C=O) groups excluding carboxylic acids is 2. The third-order valence-corrected chi connectivity index (χ3v) is 6.38. The largest absolute Gasteiger partial charge is 0.483 e. The lowest BCUT2D eigenvalue weighted by molar-refractivity contribution is -0.135. The predicted octanol–water partition coefficient (Wildman–Crippen LogP) is 2.61. The van der Waals surface area contributed by atoms with E-state index in [0.29, 0.717) is 17.9 Å². The number of carbonyl (C=O) groups is 2. The van der Waals surface area contributed by atoms with Gasteiger partial charge in [-0.1, -0.05) is 12.5 Å². The van der Waals surface area contributed by atoms with Crippen LogP contribution < -0.4 is 0 Å². The van der Waals surface area contributed by atoms with E-state index in [1.807, 2.05) is 36.5 Å². The molecular weight excluding hydrogens is 336 g/mol. The zero-order valence-electron chi connectivity index (χ0n) is 14.7. The van der Waals surface area contributed by atoms with Gasteiger partial charge in [0.2, 0.25) is 0 Å². The van der Waals surface area contributed by atoms with Crippen molar-refractivity contribution in [1.82, 2.24) is 9.80 Å². The maximum absolute atomic E-state index is 13.3. The maximum atomic E-state index is 13.3. The molecule has 3 heterocycles. The van der Waals surface area contributed by atoms with Gasteiger partial charge in [0.25, 0.3) is 5.91 Å². The van der Waals surface area contributed by atoms with E-state index in [9.17, 15) is 9.59 Å². The van der Waals surface area contributed by atoms with Crippen molar-refractivity contribution in [2.24, 2.45) is 5.92 Å². The second kappa shape index (κ2) is 6.57. The molecule has 25 heavy (non-hydrogen) atoms. The number of thiophene rings is 1. The van der Waals surface area contributed by atoms with Gasteiger partial charge in [0, 0.05) is 18.0 Å². The Labute approximate surface area is 152 Å². The number of hydrogen-bond donors (Lipinski definition) is 0. The van der Waals surface area contributed by atoms with Crippen LogP contribution in [0.3, 0.4) is 0 Å². The molecule has 0 N–H and O–H groups in total. The van der Waals surface area contributed by atoms with Gasteiger partial charge in [0.15, 0.2) is 11.5 Å². The van der Waals surface area contributed by atoms with Gasteiger partial charge in [-0.2, -0.15) is 0 Å². The molecule has 2 aliphatic heterocycles. The van der Waals surface area contributed by atoms with E-state index in [2.05, 4.69) is 4.90 Å². The lowest BCUT2D eigenvalue weighted by Gasteiger charge is -2.35. The number of ketones is 1. The van der Waals surface area contributed by atoms with Crippen molar-refractivity contribution in [3.05, 3.63) is 33.7 Å². The van der Waals surface area contributed by atoms with E-state index in [1.54, 1.807) is 11.3 Å². The molecule has 0 bridgehead atoms. The van der Waals surface area contributed by atoms with Crippen molar-refractivity contribution in [3.63, 3.8) is 0 Å². The third kappa shape index (κ3) is 2.81. The minimum absolute atomic E-state index is 0.0726. The van der Waals surface area contributed by atoms with Gasteiger partial charge in [-0.3, -0.25) is 9.59 Å². The molecule has 6 heteroatoms. The highest BCUT2D eigenvalue weighted by Crippen LogP contribution is 2.47. The molecule has 1 saturated carbocycles. The number of hydrogen-bond acceptors (Lipinski definition) is 5. The van der Waals surface area contributed by atoms with Crippen molar-refractivity contribution in [3.8, 4) is 0 Å². The average molecular weight is 360 g/mol. The number of fused-ring (bicyclic) bond motifs is 1. The summed E-state index contributed by atoms with van der Waals surface area (Å²) in [5.41, 5.74) is 0.606. The van der Waals surface area contributed by atoms with Crippen molar-refractivity contribution in [1.29, 1.82) is 0 Å². The van der Waals surface area contributed by atoms with Crippen LogP contribution in [0.5, 0.6) is 0 Å². The number of Topliss-reactive ketones (excluding diaryl/α,β-unsaturated/α-hetero) is 1. The molecule has 5 nitrogen and oxygen atoms in total. The molecule has 4 rings (SSSR count). The van der Waals surface area contributed by atoms with E-state index in [0.717, 1.165) is 37.1 Å². The van der Waals surface area contributed by atoms with Crippen LogP contribution in [0.25, 0.3) is 0 Å². The minimum Gasteiger partial charge on any atom is -0.483 e. The monoisotopic (exact) mass is 360 g/mol. The van der Waals surface area contributed by atoms with E-state index in [4.69, 9.17) is 4.74 Å². The zero-order chi connectivity index (χ0) is 17.6. The first-order valence-electron chi connectivity index (χ1n) is 9.02. The van der Waals surface area contributed by atoms with E-state index in [1.165, 1.54) is 0 Å². The molecule has 0 saturated heterocycles. The Bertz CT molecular complexity index is 710. The van der Waals surface area contributed by atoms with Crippen LogP contribution in [0.15, 0.2) is 28.8 Å². The second-order valence-corrected chi connectivity index (χ2v) is 8.35. The highest BCUT2D eigenvalue weighted by molar-refractivity contribution is 7.10. The molecule has 1 fully saturated rings. The fraction of sp³-hybridized carbons (Fsp3) is 0.579. The molecule has 3 aliphatic rings. The summed E-state index contributed by atoms with van der Waals surface area (Å²) >= 11 is 1.60. The molecule has 1 amide bonds. The van der Waals surface area contributed by atoms with Crippen LogP contribution in [0.1, 0.15) is 36.6 Å². The van der Waals surface area contributed by atoms with E-state index in [-0.39, 0.29) is 29.8 Å². The zero-order valence-corrected chi connectivity index (χ0v) is 15.6. The van der Waals surface area contributed by atoms with Gasteiger partial charge in [-0.25, -0.2) is 0 Å². The van der Waals surface area contributed by atoms with Gasteiger partial charge in [-0.05, 0) is 44.8 Å². The Hall–Kier alpha value is -1.66. The predicted molar refractivity (Wildman–Crippen MR) is 96.2 cm³/mol. The lowest BCUT2D eigenvalue weighted by atomic mass is 9.78. The van der Waals surface area contributed by atoms with Crippen LogP contribution in [0.4, 0.5) is 0 Å². The highest BCUT2D eigenvalue weighted by atomic mass is 32.1. The fourth-order valence-electron chi connectivity index (χ4n) is 4.17. The molecule has 134 valence electrons. The summed E-state index contributed by atoms with van der Waals surface area (Å²) in [7, 11) is 3.98. The summed E-state index contributed by atoms with van der Waals surface area (Å²) in [5.74, 6) is 0.277. The summed E-state index contributed by atoms with van der Waals surface area (Å²) in [4.78, 5) is 31.2. The van der Waals surface area contributed by atoms with Crippen LogP contribution in [-0.2, 0) is 14.3 Å². The van der Waals surface area contributed by atoms with Gasteiger partial charge in [0.1, 0.15) is 6.10 Å². The molecule has 1 aliphatic carbocycles. The van der Waals surface area contributed by atoms with Crippen LogP contribution in [0, 0.1) is 5.92 Å². The minimum atomic E-state index is -0.280. The van der Waals surface area contributed by atoms with E-state index < -0.39 is 0 Å². The van der Waals surface area contributed by atoms with Crippen LogP contribution >= 0.6 is 11.3 Å². The smallest absolute Gasteiger partial charge is 0.290 e. The number of likely N-dealkylation sites (N-methyl/N-ethyl adjacent to an activating group) is 1. The summed E-state index contributed by atoms with van der Waals surface area (Å²) in [6.45, 7) is 1.35. The summed E-state index contributed by atoms with van der Waals surface area (Å²) in [5, 5.41) is 2.00.